The molecule has 2 aromatic carbocycles. The van der Waals surface area contributed by atoms with E-state index in [0.717, 1.165) is 5.56 Å². The molecule has 2 rings (SSSR count). The first-order valence-corrected chi connectivity index (χ1v) is 7.65. The molecule has 2 aromatic rings. The quantitative estimate of drug-likeness (QED) is 0.811. The van der Waals surface area contributed by atoms with E-state index in [4.69, 9.17) is 37.8 Å². The number of rotatable bonds is 6. The van der Waals surface area contributed by atoms with Crippen molar-refractivity contribution in [2.24, 2.45) is 0 Å². The van der Waals surface area contributed by atoms with Crippen molar-refractivity contribution in [3.63, 3.8) is 0 Å². The first-order chi connectivity index (χ1) is 10.9. The minimum atomic E-state index is -0.900. The van der Waals surface area contributed by atoms with Crippen LogP contribution in [-0.2, 0) is 11.4 Å². The molecule has 1 N–H and O–H groups in total. The number of carboxylic acids is 1. The normalized spacial score (nSPS) is 11.8. The van der Waals surface area contributed by atoms with Crippen LogP contribution in [0, 0.1) is 0 Å². The monoisotopic (exact) mass is 354 g/mol. The minimum Gasteiger partial charge on any atom is -0.495 e. The smallest absolute Gasteiger partial charge is 0.310 e. The average Bonchev–Trinajstić information content (AvgIpc) is 2.53. The Kier molecular flexibility index (Phi) is 5.74. The van der Waals surface area contributed by atoms with E-state index < -0.39 is 11.9 Å². The molecule has 0 heterocycles. The summed E-state index contributed by atoms with van der Waals surface area (Å²) in [6.45, 7) is 1.89. The molecule has 4 nitrogen and oxygen atoms in total. The van der Waals surface area contributed by atoms with Crippen molar-refractivity contribution in [3.05, 3.63) is 57.6 Å². The lowest BCUT2D eigenvalue weighted by Crippen LogP contribution is -2.07. The van der Waals surface area contributed by atoms with Gasteiger partial charge in [0.25, 0.3) is 0 Å². The molecule has 0 spiro atoms. The molecule has 0 saturated heterocycles. The largest absolute Gasteiger partial charge is 0.495 e. The number of carbonyl (C=O) groups is 1. The van der Waals surface area contributed by atoms with Gasteiger partial charge in [0.1, 0.15) is 18.1 Å². The molecule has 0 fully saturated rings. The van der Waals surface area contributed by atoms with E-state index in [-0.39, 0.29) is 6.61 Å². The summed E-state index contributed by atoms with van der Waals surface area (Å²) in [5.74, 6) is -0.440. The number of halogens is 2. The number of aliphatic carboxylic acids is 1. The van der Waals surface area contributed by atoms with Gasteiger partial charge in [0.05, 0.1) is 23.1 Å². The Hall–Kier alpha value is -1.91. The Morgan fingerprint density at radius 1 is 1.13 bits per heavy atom. The van der Waals surface area contributed by atoms with E-state index in [1.807, 2.05) is 6.07 Å². The molecule has 1 atom stereocenters. The first kappa shape index (κ1) is 17.4. The van der Waals surface area contributed by atoms with Gasteiger partial charge in [-0.2, -0.15) is 0 Å². The number of hydrogen-bond acceptors (Lipinski definition) is 3. The van der Waals surface area contributed by atoms with Crippen molar-refractivity contribution < 1.29 is 19.4 Å². The van der Waals surface area contributed by atoms with Crippen LogP contribution >= 0.6 is 23.2 Å². The molecule has 6 heteroatoms. The van der Waals surface area contributed by atoms with E-state index in [2.05, 4.69) is 0 Å². The highest BCUT2D eigenvalue weighted by molar-refractivity contribution is 6.32. The van der Waals surface area contributed by atoms with Crippen molar-refractivity contribution in [3.8, 4) is 11.5 Å². The number of carboxylic acid groups (broad SMARTS) is 1. The van der Waals surface area contributed by atoms with Gasteiger partial charge in [0.2, 0.25) is 0 Å². The highest BCUT2D eigenvalue weighted by atomic mass is 35.5. The van der Waals surface area contributed by atoms with Gasteiger partial charge in [-0.25, -0.2) is 0 Å². The lowest BCUT2D eigenvalue weighted by Gasteiger charge is -2.12. The van der Waals surface area contributed by atoms with Gasteiger partial charge in [-0.3, -0.25) is 4.79 Å². The van der Waals surface area contributed by atoms with E-state index in [1.165, 1.54) is 0 Å². The summed E-state index contributed by atoms with van der Waals surface area (Å²) in [4.78, 5) is 11.0. The maximum atomic E-state index is 11.0. The minimum absolute atomic E-state index is 0.289. The van der Waals surface area contributed by atoms with Gasteiger partial charge in [0, 0.05) is 0 Å². The molecular formula is C17H16Cl2O4. The topological polar surface area (TPSA) is 55.8 Å². The zero-order valence-electron chi connectivity index (χ0n) is 12.7. The van der Waals surface area contributed by atoms with Crippen LogP contribution in [0.25, 0.3) is 0 Å². The number of hydrogen-bond donors (Lipinski definition) is 1. The van der Waals surface area contributed by atoms with E-state index in [0.29, 0.717) is 27.1 Å². The lowest BCUT2D eigenvalue weighted by molar-refractivity contribution is -0.138. The Morgan fingerprint density at radius 2 is 1.78 bits per heavy atom. The van der Waals surface area contributed by atoms with Crippen molar-refractivity contribution in [2.75, 3.05) is 7.11 Å². The zero-order valence-corrected chi connectivity index (χ0v) is 14.2. The number of ether oxygens (including phenoxy) is 2. The Labute approximate surface area is 144 Å². The standard InChI is InChI=1S/C17H16Cl2O4/c1-10(17(20)21)12-4-6-16(14(19)8-12)23-9-11-3-5-15(22-2)13(18)7-11/h3-8,10H,9H2,1-2H3,(H,20,21)/t10-/m0/s1. The van der Waals surface area contributed by atoms with Crippen LogP contribution in [0.1, 0.15) is 24.0 Å². The predicted molar refractivity (Wildman–Crippen MR) is 89.8 cm³/mol. The Morgan fingerprint density at radius 3 is 2.35 bits per heavy atom. The van der Waals surface area contributed by atoms with Gasteiger partial charge in [-0.1, -0.05) is 35.3 Å². The highest BCUT2D eigenvalue weighted by Gasteiger charge is 2.15. The maximum absolute atomic E-state index is 11.0. The molecule has 0 unspecified atom stereocenters. The summed E-state index contributed by atoms with van der Waals surface area (Å²) >= 11 is 12.2. The predicted octanol–water partition coefficient (Wildman–Crippen LogP) is 4.77. The SMILES string of the molecule is COc1ccc(COc2ccc([C@H](C)C(=O)O)cc2Cl)cc1Cl. The second-order valence-corrected chi connectivity index (χ2v) is 5.82. The van der Waals surface area contributed by atoms with Crippen LogP contribution in [0.5, 0.6) is 11.5 Å². The summed E-state index contributed by atoms with van der Waals surface area (Å²) in [7, 11) is 1.55. The summed E-state index contributed by atoms with van der Waals surface area (Å²) in [5, 5.41) is 9.89. The third-order valence-corrected chi connectivity index (χ3v) is 4.03. The number of methoxy groups -OCH3 is 1. The summed E-state index contributed by atoms with van der Waals surface area (Å²) in [5.41, 5.74) is 1.50. The van der Waals surface area contributed by atoms with Crippen molar-refractivity contribution in [1.82, 2.24) is 0 Å². The van der Waals surface area contributed by atoms with Gasteiger partial charge < -0.3 is 14.6 Å². The zero-order chi connectivity index (χ0) is 17.0. The fraction of sp³-hybridized carbons (Fsp3) is 0.235. The number of benzene rings is 2. The third-order valence-electron chi connectivity index (χ3n) is 3.44. The summed E-state index contributed by atoms with van der Waals surface area (Å²) < 4.78 is 10.8. The molecule has 23 heavy (non-hydrogen) atoms. The average molecular weight is 355 g/mol. The molecule has 0 aromatic heterocycles. The molecule has 122 valence electrons. The lowest BCUT2D eigenvalue weighted by atomic mass is 10.0. The molecule has 0 aliphatic rings. The van der Waals surface area contributed by atoms with Gasteiger partial charge >= 0.3 is 5.97 Å². The summed E-state index contributed by atoms with van der Waals surface area (Å²) in [6.07, 6.45) is 0. The molecule has 0 saturated carbocycles. The second kappa shape index (κ2) is 7.57. The van der Waals surface area contributed by atoms with Crippen LogP contribution in [0.3, 0.4) is 0 Å². The molecule has 0 aliphatic carbocycles. The van der Waals surface area contributed by atoms with Gasteiger partial charge in [-0.05, 0) is 42.3 Å². The van der Waals surface area contributed by atoms with Crippen molar-refractivity contribution >= 4 is 29.2 Å². The fourth-order valence-corrected chi connectivity index (χ4v) is 2.53. The van der Waals surface area contributed by atoms with Crippen LogP contribution in [0.15, 0.2) is 36.4 Å². The molecule has 0 amide bonds. The van der Waals surface area contributed by atoms with Gasteiger partial charge in [0.15, 0.2) is 0 Å². The van der Waals surface area contributed by atoms with Crippen LogP contribution in [-0.4, -0.2) is 18.2 Å². The molecule has 0 bridgehead atoms. The molecule has 0 radical (unpaired) electrons. The summed E-state index contributed by atoms with van der Waals surface area (Å²) in [6, 6.07) is 10.3. The Balaban J connectivity index is 2.09. The van der Waals surface area contributed by atoms with Crippen LogP contribution in [0.4, 0.5) is 0 Å². The van der Waals surface area contributed by atoms with Crippen LogP contribution in [0.2, 0.25) is 10.0 Å². The van der Waals surface area contributed by atoms with Gasteiger partial charge in [-0.15, -0.1) is 0 Å². The van der Waals surface area contributed by atoms with Crippen molar-refractivity contribution in [2.45, 2.75) is 19.4 Å². The third kappa shape index (κ3) is 4.30. The Bertz CT molecular complexity index is 716. The van der Waals surface area contributed by atoms with E-state index >= 15 is 0 Å². The highest BCUT2D eigenvalue weighted by Crippen LogP contribution is 2.30. The van der Waals surface area contributed by atoms with E-state index in [1.54, 1.807) is 44.4 Å². The molecular weight excluding hydrogens is 339 g/mol. The van der Waals surface area contributed by atoms with E-state index in [9.17, 15) is 4.79 Å². The first-order valence-electron chi connectivity index (χ1n) is 6.90. The van der Waals surface area contributed by atoms with Crippen LogP contribution < -0.4 is 9.47 Å². The molecule has 0 aliphatic heterocycles. The second-order valence-electron chi connectivity index (χ2n) is 5.01. The maximum Gasteiger partial charge on any atom is 0.310 e. The van der Waals surface area contributed by atoms with Crippen molar-refractivity contribution in [1.29, 1.82) is 0 Å². The fourth-order valence-electron chi connectivity index (χ4n) is 2.01.